The fourth-order valence-electron chi connectivity index (χ4n) is 3.55. The first-order valence-corrected chi connectivity index (χ1v) is 9.83. The van der Waals surface area contributed by atoms with Crippen molar-refractivity contribution in [3.8, 4) is 6.07 Å². The van der Waals surface area contributed by atoms with Crippen molar-refractivity contribution in [3.63, 3.8) is 0 Å². The van der Waals surface area contributed by atoms with E-state index in [9.17, 15) is 10.1 Å². The molecule has 0 radical (unpaired) electrons. The molecule has 27 heavy (non-hydrogen) atoms. The largest absolute Gasteiger partial charge is 0.355 e. The van der Waals surface area contributed by atoms with Crippen molar-refractivity contribution in [1.29, 1.82) is 5.26 Å². The summed E-state index contributed by atoms with van der Waals surface area (Å²) in [5, 5.41) is 12.6. The molecule has 6 heteroatoms. The second-order valence-electron chi connectivity index (χ2n) is 7.32. The van der Waals surface area contributed by atoms with Crippen LogP contribution < -0.4 is 10.2 Å². The van der Waals surface area contributed by atoms with Crippen molar-refractivity contribution in [2.24, 2.45) is 5.92 Å². The van der Waals surface area contributed by atoms with Crippen LogP contribution in [0.1, 0.15) is 51.1 Å². The zero-order valence-electron chi connectivity index (χ0n) is 16.1. The molecular weight excluding hydrogens is 338 g/mol. The van der Waals surface area contributed by atoms with Gasteiger partial charge < -0.3 is 10.2 Å². The molecule has 3 rings (SSSR count). The van der Waals surface area contributed by atoms with Crippen LogP contribution in [0, 0.1) is 17.2 Å². The number of fused-ring (bicyclic) bond motifs is 1. The maximum Gasteiger partial charge on any atom is 0.243 e. The summed E-state index contributed by atoms with van der Waals surface area (Å²) in [7, 11) is 0. The van der Waals surface area contributed by atoms with Gasteiger partial charge in [-0.1, -0.05) is 32.4 Å². The highest BCUT2D eigenvalue weighted by Crippen LogP contribution is 2.30. The molecule has 0 spiro atoms. The molecule has 1 aromatic carbocycles. The topological polar surface area (TPSA) is 81.9 Å². The molecule has 1 fully saturated rings. The van der Waals surface area contributed by atoms with E-state index in [4.69, 9.17) is 9.97 Å². The minimum absolute atomic E-state index is 0.290. The van der Waals surface area contributed by atoms with Gasteiger partial charge in [-0.3, -0.25) is 4.79 Å². The molecule has 1 aliphatic heterocycles. The summed E-state index contributed by atoms with van der Waals surface area (Å²) >= 11 is 0. The predicted octanol–water partition coefficient (Wildman–Crippen LogP) is 3.39. The maximum absolute atomic E-state index is 12.7. The minimum Gasteiger partial charge on any atom is -0.355 e. The van der Waals surface area contributed by atoms with Crippen molar-refractivity contribution < 1.29 is 4.79 Å². The monoisotopic (exact) mass is 365 g/mol. The summed E-state index contributed by atoms with van der Waals surface area (Å²) in [4.78, 5) is 24.4. The first-order chi connectivity index (χ1) is 13.1. The molecule has 2 atom stereocenters. The third-order valence-corrected chi connectivity index (χ3v) is 5.03. The quantitative estimate of drug-likeness (QED) is 0.794. The Morgan fingerprint density at radius 2 is 2.11 bits per heavy atom. The zero-order chi connectivity index (χ0) is 19.2. The molecule has 1 amide bonds. The predicted molar refractivity (Wildman–Crippen MR) is 106 cm³/mol. The lowest BCUT2D eigenvalue weighted by atomic mass is 9.98. The minimum atomic E-state index is -0.953. The summed E-state index contributed by atoms with van der Waals surface area (Å²) in [5.41, 5.74) is 1.97. The Balaban J connectivity index is 2.01. The highest BCUT2D eigenvalue weighted by Gasteiger charge is 2.30. The van der Waals surface area contributed by atoms with E-state index >= 15 is 0 Å². The first kappa shape index (κ1) is 19.1. The van der Waals surface area contributed by atoms with E-state index in [1.807, 2.05) is 24.3 Å². The standard InChI is InChI=1S/C21H27N5O/c1-3-4-11-23-21(27)16(13-22)19-20(26-12-7-8-15(2)14-26)25-18-10-6-5-9-17(18)24-19/h5-6,9-10,15-16H,3-4,7-8,11-12,14H2,1-2H3,(H,23,27)/t15-,16+/m1/s1. The number of carbonyl (C=O) groups is 1. The third-order valence-electron chi connectivity index (χ3n) is 5.03. The van der Waals surface area contributed by atoms with E-state index in [-0.39, 0.29) is 5.91 Å². The number of anilines is 1. The van der Waals surface area contributed by atoms with Crippen LogP contribution >= 0.6 is 0 Å². The van der Waals surface area contributed by atoms with Crippen molar-refractivity contribution in [2.45, 2.75) is 45.4 Å². The Hall–Kier alpha value is -2.68. The van der Waals surface area contributed by atoms with Crippen molar-refractivity contribution in [2.75, 3.05) is 24.5 Å². The lowest BCUT2D eigenvalue weighted by molar-refractivity contribution is -0.121. The molecule has 6 nitrogen and oxygen atoms in total. The first-order valence-electron chi connectivity index (χ1n) is 9.83. The van der Waals surface area contributed by atoms with Gasteiger partial charge in [-0.2, -0.15) is 5.26 Å². The molecule has 142 valence electrons. The van der Waals surface area contributed by atoms with Crippen LogP contribution in [0.2, 0.25) is 0 Å². The number of rotatable bonds is 6. The number of hydrogen-bond donors (Lipinski definition) is 1. The molecule has 0 saturated carbocycles. The Morgan fingerprint density at radius 3 is 2.78 bits per heavy atom. The van der Waals surface area contributed by atoms with Gasteiger partial charge in [0.05, 0.1) is 17.1 Å². The van der Waals surface area contributed by atoms with Crippen LogP contribution in [-0.4, -0.2) is 35.5 Å². The highest BCUT2D eigenvalue weighted by atomic mass is 16.1. The van der Waals surface area contributed by atoms with E-state index in [1.165, 1.54) is 6.42 Å². The van der Waals surface area contributed by atoms with Gasteiger partial charge in [0.1, 0.15) is 5.69 Å². The fraction of sp³-hybridized carbons (Fsp3) is 0.524. The Labute approximate surface area is 160 Å². The van der Waals surface area contributed by atoms with E-state index in [0.29, 0.717) is 29.5 Å². The van der Waals surface area contributed by atoms with Crippen LogP contribution in [0.25, 0.3) is 11.0 Å². The molecule has 1 aromatic heterocycles. The second-order valence-corrected chi connectivity index (χ2v) is 7.32. The van der Waals surface area contributed by atoms with Gasteiger partial charge in [0.15, 0.2) is 11.7 Å². The Bertz CT molecular complexity index is 844. The number of carbonyl (C=O) groups excluding carboxylic acids is 1. The summed E-state index contributed by atoms with van der Waals surface area (Å²) < 4.78 is 0. The molecule has 0 aliphatic carbocycles. The second kappa shape index (κ2) is 8.81. The Kier molecular flexibility index (Phi) is 6.23. The van der Waals surface area contributed by atoms with Gasteiger partial charge in [-0.15, -0.1) is 0 Å². The van der Waals surface area contributed by atoms with Crippen molar-refractivity contribution in [3.05, 3.63) is 30.0 Å². The average Bonchev–Trinajstić information content (AvgIpc) is 2.68. The molecular formula is C21H27N5O. The number of amides is 1. The SMILES string of the molecule is CCCCNC(=O)[C@@H](C#N)c1nc2ccccc2nc1N1CCC[C@@H](C)C1. The van der Waals surface area contributed by atoms with Gasteiger partial charge in [0.2, 0.25) is 5.91 Å². The molecule has 0 bridgehead atoms. The lowest BCUT2D eigenvalue weighted by Crippen LogP contribution is -2.37. The van der Waals surface area contributed by atoms with Crippen molar-refractivity contribution in [1.82, 2.24) is 15.3 Å². The summed E-state index contributed by atoms with van der Waals surface area (Å²) in [6.07, 6.45) is 4.15. The number of nitriles is 1. The smallest absolute Gasteiger partial charge is 0.243 e. The molecule has 0 unspecified atom stereocenters. The van der Waals surface area contributed by atoms with Crippen LogP contribution in [0.15, 0.2) is 24.3 Å². The number of nitrogens with zero attached hydrogens (tertiary/aromatic N) is 4. The fourth-order valence-corrected chi connectivity index (χ4v) is 3.55. The third kappa shape index (κ3) is 4.36. The number of unbranched alkanes of at least 4 members (excludes halogenated alkanes) is 1. The highest BCUT2D eigenvalue weighted by molar-refractivity contribution is 5.88. The van der Waals surface area contributed by atoms with Crippen LogP contribution in [0.5, 0.6) is 0 Å². The Morgan fingerprint density at radius 1 is 1.37 bits per heavy atom. The van der Waals surface area contributed by atoms with E-state index < -0.39 is 5.92 Å². The van der Waals surface area contributed by atoms with Crippen molar-refractivity contribution >= 4 is 22.8 Å². The molecule has 1 N–H and O–H groups in total. The number of aromatic nitrogens is 2. The molecule has 1 saturated heterocycles. The lowest BCUT2D eigenvalue weighted by Gasteiger charge is -2.33. The average molecular weight is 365 g/mol. The molecule has 2 aromatic rings. The van der Waals surface area contributed by atoms with Gasteiger partial charge in [-0.05, 0) is 37.3 Å². The summed E-state index contributed by atoms with van der Waals surface area (Å²) in [6.45, 7) is 6.61. The van der Waals surface area contributed by atoms with E-state index in [1.54, 1.807) is 0 Å². The van der Waals surface area contributed by atoms with E-state index in [0.717, 1.165) is 37.9 Å². The number of hydrogen-bond acceptors (Lipinski definition) is 5. The molecule has 1 aliphatic rings. The number of para-hydroxylation sites is 2. The van der Waals surface area contributed by atoms with Gasteiger partial charge in [-0.25, -0.2) is 9.97 Å². The van der Waals surface area contributed by atoms with Gasteiger partial charge in [0, 0.05) is 19.6 Å². The summed E-state index contributed by atoms with van der Waals surface area (Å²) in [6, 6.07) is 9.78. The van der Waals surface area contributed by atoms with Gasteiger partial charge in [0.25, 0.3) is 0 Å². The number of nitrogens with one attached hydrogen (secondary N) is 1. The van der Waals surface area contributed by atoms with E-state index in [2.05, 4.69) is 30.1 Å². The maximum atomic E-state index is 12.7. The van der Waals surface area contributed by atoms with Crippen LogP contribution in [-0.2, 0) is 4.79 Å². The van der Waals surface area contributed by atoms with Crippen LogP contribution in [0.3, 0.4) is 0 Å². The number of piperidine rings is 1. The number of benzene rings is 1. The van der Waals surface area contributed by atoms with Crippen LogP contribution in [0.4, 0.5) is 5.82 Å². The summed E-state index contributed by atoms with van der Waals surface area (Å²) in [5.74, 6) is -0.00994. The normalized spacial score (nSPS) is 18.1. The zero-order valence-corrected chi connectivity index (χ0v) is 16.1. The van der Waals surface area contributed by atoms with Gasteiger partial charge >= 0.3 is 0 Å². The molecule has 2 heterocycles.